The van der Waals surface area contributed by atoms with E-state index in [1.54, 1.807) is 12.1 Å². The fourth-order valence-corrected chi connectivity index (χ4v) is 3.09. The number of nitrogens with one attached hydrogen (secondary N) is 1. The molecule has 0 bridgehead atoms. The summed E-state index contributed by atoms with van der Waals surface area (Å²) in [5.74, 6) is -0.480. The van der Waals surface area contributed by atoms with Crippen molar-refractivity contribution in [3.8, 4) is 6.07 Å². The number of aryl methyl sites for hydroxylation is 1. The van der Waals surface area contributed by atoms with Gasteiger partial charge in [-0.2, -0.15) is 5.26 Å². The molecule has 20 heavy (non-hydrogen) atoms. The molecule has 0 saturated carbocycles. The Bertz CT molecular complexity index is 706. The predicted octanol–water partition coefficient (Wildman–Crippen LogP) is 4.56. The normalized spacial score (nSPS) is 16.6. The number of nitriles is 1. The van der Waals surface area contributed by atoms with Gasteiger partial charge < -0.3 is 5.32 Å². The summed E-state index contributed by atoms with van der Waals surface area (Å²) in [6.07, 6.45) is 1.94. The number of rotatable bonds is 2. The van der Waals surface area contributed by atoms with Gasteiger partial charge in [-0.05, 0) is 48.2 Å². The Morgan fingerprint density at radius 1 is 1.30 bits per heavy atom. The number of hydrogen-bond donors (Lipinski definition) is 1. The van der Waals surface area contributed by atoms with E-state index in [9.17, 15) is 4.39 Å². The second-order valence-electron chi connectivity index (χ2n) is 4.85. The van der Waals surface area contributed by atoms with Gasteiger partial charge in [-0.3, -0.25) is 0 Å². The summed E-state index contributed by atoms with van der Waals surface area (Å²) in [6.45, 7) is 0. The van der Waals surface area contributed by atoms with E-state index in [0.29, 0.717) is 5.69 Å². The number of fused-ring (bicyclic) bond motifs is 1. The van der Waals surface area contributed by atoms with Crippen LogP contribution in [0.4, 0.5) is 10.1 Å². The third-order valence-electron chi connectivity index (χ3n) is 3.64. The lowest BCUT2D eigenvalue weighted by molar-refractivity contribution is 0.623. The third-order valence-corrected chi connectivity index (χ3v) is 4.13. The highest BCUT2D eigenvalue weighted by atomic mass is 79.9. The average Bonchev–Trinajstić information content (AvgIpc) is 2.81. The first kappa shape index (κ1) is 13.1. The van der Waals surface area contributed by atoms with Crippen molar-refractivity contribution in [1.29, 1.82) is 5.26 Å². The van der Waals surface area contributed by atoms with Crippen LogP contribution in [-0.2, 0) is 6.42 Å². The van der Waals surface area contributed by atoms with Crippen LogP contribution in [0, 0.1) is 17.1 Å². The summed E-state index contributed by atoms with van der Waals surface area (Å²) in [6, 6.07) is 12.9. The van der Waals surface area contributed by atoms with Gasteiger partial charge in [0.2, 0.25) is 0 Å². The second-order valence-corrected chi connectivity index (χ2v) is 5.77. The van der Waals surface area contributed by atoms with E-state index in [4.69, 9.17) is 5.26 Å². The van der Waals surface area contributed by atoms with Gasteiger partial charge in [0, 0.05) is 4.47 Å². The molecule has 1 aliphatic rings. The van der Waals surface area contributed by atoms with E-state index in [1.165, 1.54) is 17.2 Å². The molecule has 0 spiro atoms. The molecule has 0 aliphatic heterocycles. The van der Waals surface area contributed by atoms with E-state index in [2.05, 4.69) is 33.4 Å². The summed E-state index contributed by atoms with van der Waals surface area (Å²) < 4.78 is 14.7. The lowest BCUT2D eigenvalue weighted by Crippen LogP contribution is -2.09. The Balaban J connectivity index is 1.92. The monoisotopic (exact) mass is 330 g/mol. The molecule has 1 aliphatic carbocycles. The van der Waals surface area contributed by atoms with Crippen molar-refractivity contribution < 1.29 is 4.39 Å². The van der Waals surface area contributed by atoms with Crippen molar-refractivity contribution in [2.24, 2.45) is 0 Å². The Kier molecular flexibility index (Phi) is 3.45. The highest BCUT2D eigenvalue weighted by Gasteiger charge is 2.23. The van der Waals surface area contributed by atoms with Gasteiger partial charge in [0.25, 0.3) is 0 Å². The van der Waals surface area contributed by atoms with Crippen LogP contribution >= 0.6 is 15.9 Å². The lowest BCUT2D eigenvalue weighted by atomic mass is 10.1. The van der Waals surface area contributed by atoms with Gasteiger partial charge in [-0.15, -0.1) is 0 Å². The van der Waals surface area contributed by atoms with Crippen molar-refractivity contribution in [3.05, 3.63) is 63.4 Å². The Morgan fingerprint density at radius 2 is 2.15 bits per heavy atom. The van der Waals surface area contributed by atoms with Gasteiger partial charge in [-0.1, -0.05) is 28.1 Å². The highest BCUT2D eigenvalue weighted by Crippen LogP contribution is 2.36. The Hall–Kier alpha value is -1.86. The number of benzene rings is 2. The van der Waals surface area contributed by atoms with Crippen LogP contribution in [-0.4, -0.2) is 0 Å². The molecular weight excluding hydrogens is 319 g/mol. The number of nitrogens with zero attached hydrogens (tertiary/aromatic N) is 1. The topological polar surface area (TPSA) is 35.8 Å². The van der Waals surface area contributed by atoms with Crippen LogP contribution in [0.15, 0.2) is 40.9 Å². The summed E-state index contributed by atoms with van der Waals surface area (Å²) in [5, 5.41) is 12.4. The van der Waals surface area contributed by atoms with Crippen molar-refractivity contribution in [1.82, 2.24) is 0 Å². The second kappa shape index (κ2) is 5.26. The molecule has 0 heterocycles. The zero-order chi connectivity index (χ0) is 14.1. The first-order valence-electron chi connectivity index (χ1n) is 6.42. The average molecular weight is 331 g/mol. The maximum atomic E-state index is 13.6. The molecule has 0 fully saturated rings. The molecule has 2 nitrogen and oxygen atoms in total. The first-order chi connectivity index (χ1) is 9.69. The maximum absolute atomic E-state index is 13.6. The molecule has 0 saturated heterocycles. The minimum absolute atomic E-state index is 0.0815. The van der Waals surface area contributed by atoms with Gasteiger partial charge in [0.05, 0.1) is 11.7 Å². The summed E-state index contributed by atoms with van der Waals surface area (Å²) in [7, 11) is 0. The standard InChI is InChI=1S/C16H12BrFN2/c17-11-5-6-12-10(8-11)4-7-16(12)20-15-3-1-2-14(18)13(15)9-19/h1-3,5-6,8,16,20H,4,7H2. The van der Waals surface area contributed by atoms with Crippen LogP contribution in [0.1, 0.15) is 29.2 Å². The third kappa shape index (κ3) is 2.30. The number of hydrogen-bond acceptors (Lipinski definition) is 2. The summed E-state index contributed by atoms with van der Waals surface area (Å²) >= 11 is 3.47. The Labute approximate surface area is 125 Å². The molecular formula is C16H12BrFN2. The van der Waals surface area contributed by atoms with Gasteiger partial charge in [0.15, 0.2) is 0 Å². The van der Waals surface area contributed by atoms with Crippen molar-refractivity contribution in [2.45, 2.75) is 18.9 Å². The van der Waals surface area contributed by atoms with E-state index in [-0.39, 0.29) is 11.6 Å². The molecule has 1 N–H and O–H groups in total. The molecule has 0 aromatic heterocycles. The molecule has 3 rings (SSSR count). The zero-order valence-electron chi connectivity index (χ0n) is 10.7. The van der Waals surface area contributed by atoms with Crippen molar-refractivity contribution in [2.75, 3.05) is 5.32 Å². The minimum Gasteiger partial charge on any atom is -0.377 e. The zero-order valence-corrected chi connectivity index (χ0v) is 12.2. The number of anilines is 1. The van der Waals surface area contributed by atoms with Gasteiger partial charge >= 0.3 is 0 Å². The van der Waals surface area contributed by atoms with Crippen molar-refractivity contribution >= 4 is 21.6 Å². The fourth-order valence-electron chi connectivity index (χ4n) is 2.68. The largest absolute Gasteiger partial charge is 0.377 e. The van der Waals surface area contributed by atoms with Crippen LogP contribution in [0.5, 0.6) is 0 Å². The smallest absolute Gasteiger partial charge is 0.143 e. The number of halogens is 2. The molecule has 4 heteroatoms. The SMILES string of the molecule is N#Cc1c(F)cccc1NC1CCc2cc(Br)ccc21. The molecule has 1 unspecified atom stereocenters. The minimum atomic E-state index is -0.480. The van der Waals surface area contributed by atoms with Gasteiger partial charge in [0.1, 0.15) is 17.4 Å². The molecule has 2 aromatic carbocycles. The fraction of sp³-hybridized carbons (Fsp3) is 0.188. The summed E-state index contributed by atoms with van der Waals surface area (Å²) in [4.78, 5) is 0. The Morgan fingerprint density at radius 3 is 2.95 bits per heavy atom. The van der Waals surface area contributed by atoms with Crippen LogP contribution < -0.4 is 5.32 Å². The summed E-state index contributed by atoms with van der Waals surface area (Å²) in [5.41, 5.74) is 3.17. The first-order valence-corrected chi connectivity index (χ1v) is 7.22. The molecule has 1 atom stereocenters. The van der Waals surface area contributed by atoms with Crippen LogP contribution in [0.3, 0.4) is 0 Å². The molecule has 2 aromatic rings. The van der Waals surface area contributed by atoms with Crippen LogP contribution in [0.2, 0.25) is 0 Å². The quantitative estimate of drug-likeness (QED) is 0.876. The molecule has 0 amide bonds. The van der Waals surface area contributed by atoms with Crippen LogP contribution in [0.25, 0.3) is 0 Å². The molecule has 100 valence electrons. The molecule has 0 radical (unpaired) electrons. The maximum Gasteiger partial charge on any atom is 0.143 e. The van der Waals surface area contributed by atoms with E-state index < -0.39 is 5.82 Å². The lowest BCUT2D eigenvalue weighted by Gasteiger charge is -2.16. The van der Waals surface area contributed by atoms with E-state index in [0.717, 1.165) is 17.3 Å². The van der Waals surface area contributed by atoms with Crippen molar-refractivity contribution in [3.63, 3.8) is 0 Å². The highest BCUT2D eigenvalue weighted by molar-refractivity contribution is 9.10. The van der Waals surface area contributed by atoms with Gasteiger partial charge in [-0.25, -0.2) is 4.39 Å². The predicted molar refractivity (Wildman–Crippen MR) is 79.9 cm³/mol. The van der Waals surface area contributed by atoms with E-state index in [1.807, 2.05) is 12.1 Å². The van der Waals surface area contributed by atoms with E-state index >= 15 is 0 Å².